The minimum absolute atomic E-state index is 0.0702. The van der Waals surface area contributed by atoms with Crippen molar-refractivity contribution in [1.29, 1.82) is 0 Å². The molecular weight excluding hydrogens is 218 g/mol. The topological polar surface area (TPSA) is 62.5 Å². The van der Waals surface area contributed by atoms with E-state index in [0.29, 0.717) is 12.8 Å². The SMILES string of the molecule is CC(NC1(C(=O)O)CCCCC1)c1ccco1. The van der Waals surface area contributed by atoms with E-state index in [0.717, 1.165) is 25.0 Å². The highest BCUT2D eigenvalue weighted by atomic mass is 16.4. The smallest absolute Gasteiger partial charge is 0.323 e. The van der Waals surface area contributed by atoms with Crippen LogP contribution in [0.3, 0.4) is 0 Å². The van der Waals surface area contributed by atoms with E-state index in [1.54, 1.807) is 6.26 Å². The minimum Gasteiger partial charge on any atom is -0.480 e. The number of carboxylic acid groups (broad SMARTS) is 1. The van der Waals surface area contributed by atoms with Gasteiger partial charge in [-0.25, -0.2) is 0 Å². The molecule has 0 saturated heterocycles. The Labute approximate surface area is 101 Å². The lowest BCUT2D eigenvalue weighted by molar-refractivity contribution is -0.146. The first-order valence-corrected chi connectivity index (χ1v) is 6.18. The van der Waals surface area contributed by atoms with E-state index < -0.39 is 11.5 Å². The molecule has 17 heavy (non-hydrogen) atoms. The molecule has 1 heterocycles. The van der Waals surface area contributed by atoms with Crippen molar-refractivity contribution in [3.05, 3.63) is 24.2 Å². The van der Waals surface area contributed by atoms with E-state index >= 15 is 0 Å². The zero-order valence-corrected chi connectivity index (χ0v) is 10.1. The van der Waals surface area contributed by atoms with Crippen LogP contribution in [0.25, 0.3) is 0 Å². The second kappa shape index (κ2) is 4.92. The number of hydrogen-bond donors (Lipinski definition) is 2. The van der Waals surface area contributed by atoms with Crippen LogP contribution in [0.2, 0.25) is 0 Å². The molecular formula is C13H19NO3. The van der Waals surface area contributed by atoms with Crippen molar-refractivity contribution in [3.8, 4) is 0 Å². The Hall–Kier alpha value is -1.29. The lowest BCUT2D eigenvalue weighted by Crippen LogP contribution is -2.54. The van der Waals surface area contributed by atoms with Gasteiger partial charge in [0.05, 0.1) is 12.3 Å². The predicted molar refractivity (Wildman–Crippen MR) is 63.7 cm³/mol. The van der Waals surface area contributed by atoms with Gasteiger partial charge in [0.1, 0.15) is 11.3 Å². The van der Waals surface area contributed by atoms with E-state index in [1.807, 2.05) is 19.1 Å². The number of hydrogen-bond acceptors (Lipinski definition) is 3. The maximum atomic E-state index is 11.5. The van der Waals surface area contributed by atoms with Gasteiger partial charge in [-0.3, -0.25) is 10.1 Å². The average molecular weight is 237 g/mol. The van der Waals surface area contributed by atoms with Crippen LogP contribution < -0.4 is 5.32 Å². The lowest BCUT2D eigenvalue weighted by atomic mass is 9.81. The number of furan rings is 1. The van der Waals surface area contributed by atoms with Gasteiger partial charge < -0.3 is 9.52 Å². The summed E-state index contributed by atoms with van der Waals surface area (Å²) in [4.78, 5) is 11.5. The summed E-state index contributed by atoms with van der Waals surface area (Å²) >= 11 is 0. The molecule has 1 aliphatic carbocycles. The molecule has 0 aliphatic heterocycles. The molecule has 1 atom stereocenters. The van der Waals surface area contributed by atoms with Crippen molar-refractivity contribution in [3.63, 3.8) is 0 Å². The van der Waals surface area contributed by atoms with E-state index in [-0.39, 0.29) is 6.04 Å². The zero-order valence-electron chi connectivity index (χ0n) is 10.1. The normalized spacial score (nSPS) is 21.0. The fourth-order valence-electron chi connectivity index (χ4n) is 2.60. The fourth-order valence-corrected chi connectivity index (χ4v) is 2.60. The summed E-state index contributed by atoms with van der Waals surface area (Å²) in [6.07, 6.45) is 6.10. The average Bonchev–Trinajstić information content (AvgIpc) is 2.83. The molecule has 2 rings (SSSR count). The Morgan fingerprint density at radius 3 is 2.71 bits per heavy atom. The predicted octanol–water partition coefficient (Wildman–Crippen LogP) is 2.72. The van der Waals surface area contributed by atoms with Gasteiger partial charge in [-0.05, 0) is 31.9 Å². The Morgan fingerprint density at radius 2 is 2.18 bits per heavy atom. The van der Waals surface area contributed by atoms with E-state index in [4.69, 9.17) is 4.42 Å². The number of aliphatic carboxylic acids is 1. The quantitative estimate of drug-likeness (QED) is 0.845. The molecule has 0 bridgehead atoms. The summed E-state index contributed by atoms with van der Waals surface area (Å²) in [5.74, 6) is 0.0480. The Balaban J connectivity index is 2.10. The van der Waals surface area contributed by atoms with Crippen molar-refractivity contribution in [2.45, 2.75) is 50.6 Å². The first kappa shape index (κ1) is 12.2. The molecule has 1 aliphatic rings. The molecule has 0 aromatic carbocycles. The van der Waals surface area contributed by atoms with Gasteiger partial charge in [-0.2, -0.15) is 0 Å². The van der Waals surface area contributed by atoms with E-state index in [1.165, 1.54) is 0 Å². The number of carbonyl (C=O) groups is 1. The maximum absolute atomic E-state index is 11.5. The Kier molecular flexibility index (Phi) is 3.52. The van der Waals surface area contributed by atoms with Crippen LogP contribution in [0.1, 0.15) is 50.8 Å². The highest BCUT2D eigenvalue weighted by Crippen LogP contribution is 2.31. The molecule has 94 valence electrons. The van der Waals surface area contributed by atoms with Crippen LogP contribution in [0, 0.1) is 0 Å². The van der Waals surface area contributed by atoms with Crippen molar-refractivity contribution in [1.82, 2.24) is 5.32 Å². The van der Waals surface area contributed by atoms with Crippen LogP contribution >= 0.6 is 0 Å². The zero-order chi connectivity index (χ0) is 12.3. The van der Waals surface area contributed by atoms with Gasteiger partial charge in [-0.1, -0.05) is 19.3 Å². The second-order valence-corrected chi connectivity index (χ2v) is 4.83. The molecule has 1 aromatic rings. The highest BCUT2D eigenvalue weighted by Gasteiger charge is 2.40. The highest BCUT2D eigenvalue weighted by molar-refractivity contribution is 5.79. The first-order valence-electron chi connectivity index (χ1n) is 6.18. The van der Waals surface area contributed by atoms with Gasteiger partial charge in [0.2, 0.25) is 0 Å². The lowest BCUT2D eigenvalue weighted by Gasteiger charge is -2.36. The third-order valence-corrected chi connectivity index (χ3v) is 3.58. The molecule has 2 N–H and O–H groups in total. The first-order chi connectivity index (χ1) is 8.14. The summed E-state index contributed by atoms with van der Waals surface area (Å²) in [7, 11) is 0. The molecule has 1 saturated carbocycles. The van der Waals surface area contributed by atoms with Gasteiger partial charge >= 0.3 is 5.97 Å². The van der Waals surface area contributed by atoms with Crippen molar-refractivity contribution in [2.75, 3.05) is 0 Å². The third-order valence-electron chi connectivity index (χ3n) is 3.58. The van der Waals surface area contributed by atoms with E-state index in [9.17, 15) is 9.90 Å². The summed E-state index contributed by atoms with van der Waals surface area (Å²) in [5.41, 5.74) is -0.773. The van der Waals surface area contributed by atoms with Crippen LogP contribution in [0.15, 0.2) is 22.8 Å². The van der Waals surface area contributed by atoms with Crippen LogP contribution in [0.4, 0.5) is 0 Å². The maximum Gasteiger partial charge on any atom is 0.323 e. The monoisotopic (exact) mass is 237 g/mol. The molecule has 0 amide bonds. The van der Waals surface area contributed by atoms with Crippen molar-refractivity contribution < 1.29 is 14.3 Å². The van der Waals surface area contributed by atoms with Gasteiger partial charge in [0.25, 0.3) is 0 Å². The minimum atomic E-state index is -0.773. The van der Waals surface area contributed by atoms with Gasteiger partial charge in [-0.15, -0.1) is 0 Å². The van der Waals surface area contributed by atoms with Crippen LogP contribution in [-0.2, 0) is 4.79 Å². The Bertz CT molecular complexity index is 366. The number of carboxylic acids is 1. The van der Waals surface area contributed by atoms with Crippen LogP contribution in [0.5, 0.6) is 0 Å². The summed E-state index contributed by atoms with van der Waals surface area (Å²) < 4.78 is 5.31. The standard InChI is InChI=1S/C13H19NO3/c1-10(11-6-5-9-17-11)14-13(12(15)16)7-3-2-4-8-13/h5-6,9-10,14H,2-4,7-8H2,1H3,(H,15,16). The molecule has 4 heteroatoms. The van der Waals surface area contributed by atoms with Crippen LogP contribution in [-0.4, -0.2) is 16.6 Å². The molecule has 0 spiro atoms. The van der Waals surface area contributed by atoms with Gasteiger partial charge in [0, 0.05) is 0 Å². The Morgan fingerprint density at radius 1 is 1.47 bits per heavy atom. The molecule has 1 aromatic heterocycles. The number of rotatable bonds is 4. The fraction of sp³-hybridized carbons (Fsp3) is 0.615. The van der Waals surface area contributed by atoms with Crippen molar-refractivity contribution >= 4 is 5.97 Å². The summed E-state index contributed by atoms with van der Waals surface area (Å²) in [5, 5.41) is 12.7. The van der Waals surface area contributed by atoms with E-state index in [2.05, 4.69) is 5.32 Å². The second-order valence-electron chi connectivity index (χ2n) is 4.83. The number of nitrogens with one attached hydrogen (secondary N) is 1. The molecule has 1 fully saturated rings. The largest absolute Gasteiger partial charge is 0.480 e. The summed E-state index contributed by atoms with van der Waals surface area (Å²) in [6.45, 7) is 1.94. The van der Waals surface area contributed by atoms with Crippen molar-refractivity contribution in [2.24, 2.45) is 0 Å². The third kappa shape index (κ3) is 2.52. The molecule has 1 unspecified atom stereocenters. The molecule has 0 radical (unpaired) electrons. The summed E-state index contributed by atoms with van der Waals surface area (Å²) in [6, 6.07) is 3.62. The van der Waals surface area contributed by atoms with Gasteiger partial charge in [0.15, 0.2) is 0 Å². The molecule has 4 nitrogen and oxygen atoms in total.